The number of aromatic amines is 1. The van der Waals surface area contributed by atoms with Gasteiger partial charge in [0.15, 0.2) is 0 Å². The Morgan fingerprint density at radius 1 is 1.61 bits per heavy atom. The first-order valence-corrected chi connectivity index (χ1v) is 7.68. The van der Waals surface area contributed by atoms with Gasteiger partial charge in [-0.1, -0.05) is 0 Å². The molecule has 0 radical (unpaired) electrons. The van der Waals surface area contributed by atoms with Gasteiger partial charge in [0.25, 0.3) is 10.0 Å². The summed E-state index contributed by atoms with van der Waals surface area (Å²) in [5.41, 5.74) is 6.27. The molecule has 1 atom stereocenters. The molecule has 0 aromatic carbocycles. The van der Waals surface area contributed by atoms with Crippen LogP contribution in [-0.4, -0.2) is 18.4 Å². The number of rotatable bonds is 5. The largest absolute Gasteiger partial charge is 0.347 e. The van der Waals surface area contributed by atoms with Crippen molar-refractivity contribution in [2.75, 3.05) is 0 Å². The van der Waals surface area contributed by atoms with E-state index in [0.29, 0.717) is 12.4 Å². The van der Waals surface area contributed by atoms with Crippen LogP contribution in [0.4, 0.5) is 0 Å². The zero-order valence-electron chi connectivity index (χ0n) is 9.75. The molecule has 0 saturated heterocycles. The van der Waals surface area contributed by atoms with Crippen molar-refractivity contribution in [1.29, 1.82) is 0 Å². The van der Waals surface area contributed by atoms with Crippen LogP contribution in [0, 0.1) is 0 Å². The number of H-pyrrole nitrogens is 1. The van der Waals surface area contributed by atoms with Crippen molar-refractivity contribution in [3.05, 3.63) is 35.2 Å². The Bertz CT molecular complexity index is 604. The lowest BCUT2D eigenvalue weighted by Crippen LogP contribution is -2.26. The molecule has 0 aliphatic carbocycles. The van der Waals surface area contributed by atoms with Crippen molar-refractivity contribution in [3.8, 4) is 0 Å². The molecule has 0 bridgehead atoms. The van der Waals surface area contributed by atoms with Crippen molar-refractivity contribution in [1.82, 2.24) is 14.7 Å². The summed E-state index contributed by atoms with van der Waals surface area (Å²) >= 11 is 1.16. The fraction of sp³-hybridized carbons (Fsp3) is 0.300. The normalized spacial score (nSPS) is 13.7. The standard InChI is InChI=1S/C10H14N4O2S2/c1-7(10-12-2-3-13-10)14-18(15,16)9-4-8(5-11)6-17-9/h2-4,6-7,14H,5,11H2,1H3,(H,12,13). The van der Waals surface area contributed by atoms with Gasteiger partial charge in [-0.2, -0.15) is 0 Å². The Labute approximate surface area is 109 Å². The second kappa shape index (κ2) is 5.19. The number of nitrogens with one attached hydrogen (secondary N) is 2. The highest BCUT2D eigenvalue weighted by molar-refractivity contribution is 7.91. The van der Waals surface area contributed by atoms with E-state index < -0.39 is 16.1 Å². The molecule has 0 aliphatic rings. The molecule has 2 heterocycles. The van der Waals surface area contributed by atoms with Crippen molar-refractivity contribution in [2.24, 2.45) is 5.73 Å². The number of thiophene rings is 1. The minimum absolute atomic E-state index is 0.265. The van der Waals surface area contributed by atoms with Crippen LogP contribution in [0.15, 0.2) is 28.0 Å². The number of nitrogens with two attached hydrogens (primary N) is 1. The second-order valence-electron chi connectivity index (χ2n) is 3.80. The summed E-state index contributed by atoms with van der Waals surface area (Å²) in [6.07, 6.45) is 3.23. The van der Waals surface area contributed by atoms with Crippen LogP contribution in [0.25, 0.3) is 0 Å². The maximum absolute atomic E-state index is 12.1. The lowest BCUT2D eigenvalue weighted by atomic mass is 10.3. The zero-order valence-corrected chi connectivity index (χ0v) is 11.4. The van der Waals surface area contributed by atoms with Crippen molar-refractivity contribution < 1.29 is 8.42 Å². The van der Waals surface area contributed by atoms with Crippen LogP contribution >= 0.6 is 11.3 Å². The van der Waals surface area contributed by atoms with Crippen LogP contribution in [-0.2, 0) is 16.6 Å². The van der Waals surface area contributed by atoms with Crippen molar-refractivity contribution in [2.45, 2.75) is 23.7 Å². The number of hydrogen-bond donors (Lipinski definition) is 3. The molecule has 2 rings (SSSR count). The number of imidazole rings is 1. The van der Waals surface area contributed by atoms with E-state index in [1.807, 2.05) is 0 Å². The molecular weight excluding hydrogens is 272 g/mol. The van der Waals surface area contributed by atoms with Crippen LogP contribution in [0.5, 0.6) is 0 Å². The fourth-order valence-corrected chi connectivity index (χ4v) is 3.91. The summed E-state index contributed by atoms with van der Waals surface area (Å²) in [5.74, 6) is 0.578. The summed E-state index contributed by atoms with van der Waals surface area (Å²) < 4.78 is 27.0. The van der Waals surface area contributed by atoms with E-state index >= 15 is 0 Å². The summed E-state index contributed by atoms with van der Waals surface area (Å²) in [7, 11) is -3.52. The molecule has 6 nitrogen and oxygen atoms in total. The van der Waals surface area contributed by atoms with E-state index in [-0.39, 0.29) is 4.21 Å². The SMILES string of the molecule is CC(NS(=O)(=O)c1cc(CN)cs1)c1ncc[nH]1. The van der Waals surface area contributed by atoms with Crippen molar-refractivity contribution in [3.63, 3.8) is 0 Å². The van der Waals surface area contributed by atoms with Gasteiger partial charge in [0, 0.05) is 18.9 Å². The summed E-state index contributed by atoms with van der Waals surface area (Å²) in [4.78, 5) is 6.89. The number of hydrogen-bond acceptors (Lipinski definition) is 5. The molecule has 0 aliphatic heterocycles. The van der Waals surface area contributed by atoms with Gasteiger partial charge in [0.05, 0.1) is 6.04 Å². The Balaban J connectivity index is 2.17. The smallest absolute Gasteiger partial charge is 0.250 e. The third-order valence-corrected chi connectivity index (χ3v) is 5.42. The average molecular weight is 286 g/mol. The van der Waals surface area contributed by atoms with Gasteiger partial charge < -0.3 is 10.7 Å². The van der Waals surface area contributed by atoms with E-state index in [1.54, 1.807) is 30.8 Å². The van der Waals surface area contributed by atoms with Gasteiger partial charge >= 0.3 is 0 Å². The highest BCUT2D eigenvalue weighted by atomic mass is 32.2. The highest BCUT2D eigenvalue weighted by Crippen LogP contribution is 2.21. The molecule has 18 heavy (non-hydrogen) atoms. The Morgan fingerprint density at radius 3 is 2.94 bits per heavy atom. The molecule has 8 heteroatoms. The molecule has 0 spiro atoms. The molecule has 2 aromatic rings. The third-order valence-electron chi connectivity index (χ3n) is 2.39. The Hall–Kier alpha value is -1.22. The van der Waals surface area contributed by atoms with E-state index in [4.69, 9.17) is 5.73 Å². The fourth-order valence-electron chi connectivity index (χ4n) is 1.46. The van der Waals surface area contributed by atoms with E-state index in [0.717, 1.165) is 16.9 Å². The van der Waals surface area contributed by atoms with Crippen LogP contribution in [0.3, 0.4) is 0 Å². The monoisotopic (exact) mass is 286 g/mol. The van der Waals surface area contributed by atoms with Crippen LogP contribution in [0.1, 0.15) is 24.4 Å². The third kappa shape index (κ3) is 2.78. The molecule has 1 unspecified atom stereocenters. The molecule has 0 fully saturated rings. The van der Waals surface area contributed by atoms with E-state index in [1.165, 1.54) is 0 Å². The minimum Gasteiger partial charge on any atom is -0.347 e. The lowest BCUT2D eigenvalue weighted by molar-refractivity contribution is 0.563. The first-order valence-electron chi connectivity index (χ1n) is 5.32. The maximum atomic E-state index is 12.1. The summed E-state index contributed by atoms with van der Waals surface area (Å²) in [6.45, 7) is 2.06. The van der Waals surface area contributed by atoms with Crippen LogP contribution in [0.2, 0.25) is 0 Å². The molecule has 0 saturated carbocycles. The minimum atomic E-state index is -3.52. The number of aromatic nitrogens is 2. The van der Waals surface area contributed by atoms with Crippen LogP contribution < -0.4 is 10.5 Å². The van der Waals surface area contributed by atoms with Gasteiger partial charge in [0.1, 0.15) is 10.0 Å². The molecular formula is C10H14N4O2S2. The molecule has 0 amide bonds. The van der Waals surface area contributed by atoms with Crippen molar-refractivity contribution >= 4 is 21.4 Å². The molecule has 2 aromatic heterocycles. The first-order chi connectivity index (χ1) is 8.53. The number of sulfonamides is 1. The number of nitrogens with zero attached hydrogens (tertiary/aromatic N) is 1. The van der Waals surface area contributed by atoms with E-state index in [9.17, 15) is 8.42 Å². The lowest BCUT2D eigenvalue weighted by Gasteiger charge is -2.10. The van der Waals surface area contributed by atoms with Gasteiger partial charge in [-0.25, -0.2) is 18.1 Å². The topological polar surface area (TPSA) is 101 Å². The quantitative estimate of drug-likeness (QED) is 0.762. The van der Waals surface area contributed by atoms with E-state index in [2.05, 4.69) is 14.7 Å². The predicted molar refractivity (Wildman–Crippen MR) is 69.5 cm³/mol. The Kier molecular flexibility index (Phi) is 3.81. The van der Waals surface area contributed by atoms with Gasteiger partial charge in [-0.05, 0) is 23.9 Å². The second-order valence-corrected chi connectivity index (χ2v) is 6.65. The summed E-state index contributed by atoms with van der Waals surface area (Å²) in [5, 5.41) is 1.74. The average Bonchev–Trinajstić information content (AvgIpc) is 3.00. The molecule has 4 N–H and O–H groups in total. The predicted octanol–water partition coefficient (Wildman–Crippen LogP) is 0.969. The van der Waals surface area contributed by atoms with Gasteiger partial charge in [-0.3, -0.25) is 0 Å². The molecule has 98 valence electrons. The first kappa shape index (κ1) is 13.2. The Morgan fingerprint density at radius 2 is 2.39 bits per heavy atom. The van der Waals surface area contributed by atoms with Gasteiger partial charge in [-0.15, -0.1) is 11.3 Å². The maximum Gasteiger partial charge on any atom is 0.250 e. The highest BCUT2D eigenvalue weighted by Gasteiger charge is 2.21. The zero-order chi connectivity index (χ0) is 13.2. The van der Waals surface area contributed by atoms with Gasteiger partial charge in [0.2, 0.25) is 0 Å². The summed E-state index contributed by atoms with van der Waals surface area (Å²) in [6, 6.07) is 1.18.